The number of carbonyl (C=O) groups is 1. The fourth-order valence-electron chi connectivity index (χ4n) is 2.47. The third-order valence-corrected chi connectivity index (χ3v) is 4.53. The number of aromatic nitrogens is 3. The number of benzene rings is 2. The average molecular weight is 397 g/mol. The Hall–Kier alpha value is -1.92. The Labute approximate surface area is 158 Å². The largest absolute Gasteiger partial charge is 0.375 e. The van der Waals surface area contributed by atoms with Crippen LogP contribution in [0.1, 0.15) is 15.9 Å². The lowest BCUT2D eigenvalue weighted by Gasteiger charge is -2.27. The molecule has 1 heterocycles. The van der Waals surface area contributed by atoms with Gasteiger partial charge in [-0.2, -0.15) is 5.10 Å². The van der Waals surface area contributed by atoms with Crippen molar-refractivity contribution < 1.29 is 9.90 Å². The van der Waals surface area contributed by atoms with Gasteiger partial charge in [-0.05, 0) is 35.9 Å². The lowest BCUT2D eigenvalue weighted by molar-refractivity contribution is 0.0182. The number of Topliss-reactive ketones (excluding diaryl/α,β-unsaturated/α-hetero) is 1. The van der Waals surface area contributed by atoms with Crippen molar-refractivity contribution in [1.82, 2.24) is 14.8 Å². The summed E-state index contributed by atoms with van der Waals surface area (Å²) in [6.07, 6.45) is 2.74. The molecule has 128 valence electrons. The average Bonchev–Trinajstić information content (AvgIpc) is 3.07. The number of carbonyl (C=O) groups excluding carboxylic acids is 1. The van der Waals surface area contributed by atoms with Crippen LogP contribution in [0.4, 0.5) is 0 Å². The van der Waals surface area contributed by atoms with Crippen molar-refractivity contribution >= 4 is 40.6 Å². The van der Waals surface area contributed by atoms with E-state index in [0.29, 0.717) is 15.6 Å². The third-order valence-electron chi connectivity index (χ3n) is 3.73. The number of hydrogen-bond donors (Lipinski definition) is 1. The maximum atomic E-state index is 13.1. The minimum absolute atomic E-state index is 0.133. The highest BCUT2D eigenvalue weighted by atomic mass is 35.5. The van der Waals surface area contributed by atoms with E-state index in [1.165, 1.54) is 29.5 Å². The molecule has 0 saturated heterocycles. The number of aliphatic hydroxyl groups is 1. The van der Waals surface area contributed by atoms with E-state index in [9.17, 15) is 9.90 Å². The van der Waals surface area contributed by atoms with Crippen LogP contribution in [-0.2, 0) is 12.1 Å². The van der Waals surface area contributed by atoms with Crippen molar-refractivity contribution in [3.8, 4) is 0 Å². The monoisotopic (exact) mass is 395 g/mol. The van der Waals surface area contributed by atoms with Crippen LogP contribution < -0.4 is 0 Å². The van der Waals surface area contributed by atoms with Crippen LogP contribution in [0, 0.1) is 0 Å². The van der Waals surface area contributed by atoms with Gasteiger partial charge in [0.05, 0.1) is 11.6 Å². The standard InChI is InChI=1S/C17H12Cl3N3O2/c18-12-3-1-11(2-4-12)17(25,8-23-10-21-9-22-23)16(24)14-6-5-13(19)7-15(14)20/h1-7,9-10,25H,8H2. The van der Waals surface area contributed by atoms with Crippen molar-refractivity contribution in [2.24, 2.45) is 0 Å². The molecule has 5 nitrogen and oxygen atoms in total. The molecule has 1 unspecified atom stereocenters. The van der Waals surface area contributed by atoms with E-state index in [4.69, 9.17) is 34.8 Å². The summed E-state index contributed by atoms with van der Waals surface area (Å²) in [7, 11) is 0. The quantitative estimate of drug-likeness (QED) is 0.662. The van der Waals surface area contributed by atoms with Crippen molar-refractivity contribution in [2.75, 3.05) is 0 Å². The van der Waals surface area contributed by atoms with E-state index in [1.54, 1.807) is 30.3 Å². The lowest BCUT2D eigenvalue weighted by atomic mass is 9.85. The van der Waals surface area contributed by atoms with Crippen molar-refractivity contribution in [3.63, 3.8) is 0 Å². The second-order valence-corrected chi connectivity index (χ2v) is 6.69. The summed E-state index contributed by atoms with van der Waals surface area (Å²) >= 11 is 18.0. The van der Waals surface area contributed by atoms with E-state index >= 15 is 0 Å². The first-order valence-corrected chi connectivity index (χ1v) is 8.34. The van der Waals surface area contributed by atoms with E-state index in [2.05, 4.69) is 10.1 Å². The van der Waals surface area contributed by atoms with E-state index in [1.807, 2.05) is 0 Å². The molecular formula is C17H12Cl3N3O2. The van der Waals surface area contributed by atoms with E-state index in [-0.39, 0.29) is 17.1 Å². The highest BCUT2D eigenvalue weighted by Gasteiger charge is 2.40. The number of rotatable bonds is 5. The predicted octanol–water partition coefficient (Wildman–Crippen LogP) is 4.01. The Kier molecular flexibility index (Phi) is 5.11. The van der Waals surface area contributed by atoms with Crippen molar-refractivity contribution in [2.45, 2.75) is 12.1 Å². The molecule has 25 heavy (non-hydrogen) atoms. The Morgan fingerprint density at radius 2 is 1.76 bits per heavy atom. The van der Waals surface area contributed by atoms with E-state index < -0.39 is 11.4 Å². The molecule has 0 radical (unpaired) electrons. The molecule has 2 aromatic carbocycles. The molecule has 0 bridgehead atoms. The van der Waals surface area contributed by atoms with Gasteiger partial charge in [0, 0.05) is 15.6 Å². The molecule has 1 N–H and O–H groups in total. The second kappa shape index (κ2) is 7.14. The summed E-state index contributed by atoms with van der Waals surface area (Å²) in [6.45, 7) is -0.133. The Morgan fingerprint density at radius 1 is 1.08 bits per heavy atom. The number of hydrogen-bond acceptors (Lipinski definition) is 4. The van der Waals surface area contributed by atoms with Crippen molar-refractivity contribution in [1.29, 1.82) is 0 Å². The fourth-order valence-corrected chi connectivity index (χ4v) is 3.09. The van der Waals surface area contributed by atoms with Gasteiger partial charge in [0.1, 0.15) is 12.7 Å². The normalized spacial score (nSPS) is 13.4. The molecule has 0 aliphatic heterocycles. The van der Waals surface area contributed by atoms with Gasteiger partial charge in [-0.15, -0.1) is 0 Å². The molecule has 3 rings (SSSR count). The third kappa shape index (κ3) is 3.70. The first kappa shape index (κ1) is 17.9. The fraction of sp³-hybridized carbons (Fsp3) is 0.118. The molecular weight excluding hydrogens is 385 g/mol. The van der Waals surface area contributed by atoms with Crippen LogP contribution in [0.25, 0.3) is 0 Å². The van der Waals surface area contributed by atoms with Gasteiger partial charge in [-0.3, -0.25) is 4.79 Å². The van der Waals surface area contributed by atoms with Gasteiger partial charge in [0.15, 0.2) is 5.60 Å². The summed E-state index contributed by atoms with van der Waals surface area (Å²) in [5.41, 5.74) is -1.39. The summed E-state index contributed by atoms with van der Waals surface area (Å²) < 4.78 is 1.37. The highest BCUT2D eigenvalue weighted by molar-refractivity contribution is 6.37. The number of nitrogens with zero attached hydrogens (tertiary/aromatic N) is 3. The minimum Gasteiger partial charge on any atom is -0.375 e. The molecule has 1 atom stereocenters. The minimum atomic E-state index is -1.91. The van der Waals surface area contributed by atoms with Crippen LogP contribution in [0.2, 0.25) is 15.1 Å². The summed E-state index contributed by atoms with van der Waals surface area (Å²) in [5, 5.41) is 16.3. The molecule has 0 amide bonds. The first-order valence-electron chi connectivity index (χ1n) is 7.21. The van der Waals surface area contributed by atoms with Gasteiger partial charge in [0.2, 0.25) is 5.78 Å². The zero-order chi connectivity index (χ0) is 18.0. The highest BCUT2D eigenvalue weighted by Crippen LogP contribution is 2.32. The van der Waals surface area contributed by atoms with Crippen molar-refractivity contribution in [3.05, 3.63) is 81.3 Å². The number of ketones is 1. The van der Waals surface area contributed by atoms with Crippen LogP contribution >= 0.6 is 34.8 Å². The maximum absolute atomic E-state index is 13.1. The Bertz CT molecular complexity index is 898. The second-order valence-electron chi connectivity index (χ2n) is 5.41. The lowest BCUT2D eigenvalue weighted by Crippen LogP contribution is -2.40. The summed E-state index contributed by atoms with van der Waals surface area (Å²) in [6, 6.07) is 10.8. The topological polar surface area (TPSA) is 68.0 Å². The zero-order valence-electron chi connectivity index (χ0n) is 12.7. The SMILES string of the molecule is O=C(c1ccc(Cl)cc1Cl)C(O)(Cn1cncn1)c1ccc(Cl)cc1. The smallest absolute Gasteiger partial charge is 0.202 e. The van der Waals surface area contributed by atoms with Gasteiger partial charge in [-0.25, -0.2) is 9.67 Å². The van der Waals surface area contributed by atoms with Crippen LogP contribution in [0.15, 0.2) is 55.1 Å². The number of halogens is 3. The molecule has 0 aliphatic rings. The van der Waals surface area contributed by atoms with Gasteiger partial charge in [-0.1, -0.05) is 46.9 Å². The molecule has 0 saturated carbocycles. The molecule has 8 heteroatoms. The summed E-state index contributed by atoms with van der Waals surface area (Å²) in [4.78, 5) is 17.0. The molecule has 0 spiro atoms. The van der Waals surface area contributed by atoms with Crippen LogP contribution in [-0.4, -0.2) is 25.7 Å². The molecule has 3 aromatic rings. The molecule has 0 fully saturated rings. The Morgan fingerprint density at radius 3 is 2.36 bits per heavy atom. The molecule has 0 aliphatic carbocycles. The predicted molar refractivity (Wildman–Crippen MR) is 96.2 cm³/mol. The maximum Gasteiger partial charge on any atom is 0.202 e. The van der Waals surface area contributed by atoms with Gasteiger partial charge in [0.25, 0.3) is 0 Å². The Balaban J connectivity index is 2.09. The van der Waals surface area contributed by atoms with Gasteiger partial charge < -0.3 is 5.11 Å². The first-order chi connectivity index (χ1) is 11.9. The molecule has 1 aromatic heterocycles. The van der Waals surface area contributed by atoms with E-state index in [0.717, 1.165) is 0 Å². The summed E-state index contributed by atoms with van der Waals surface area (Å²) in [5.74, 6) is -0.577. The van der Waals surface area contributed by atoms with Crippen LogP contribution in [0.3, 0.4) is 0 Å². The zero-order valence-corrected chi connectivity index (χ0v) is 15.0. The van der Waals surface area contributed by atoms with Gasteiger partial charge >= 0.3 is 0 Å². The van der Waals surface area contributed by atoms with Crippen LogP contribution in [0.5, 0.6) is 0 Å².